The molecule has 3 saturated heterocycles. The molecule has 30 nitrogen and oxygen atoms in total. The molecule has 2 aromatic rings. The molecule has 2 aromatic carbocycles. The van der Waals surface area contributed by atoms with E-state index < -0.39 is 177 Å². The van der Waals surface area contributed by atoms with Crippen molar-refractivity contribution < 1.29 is 206 Å². The Kier molecular flexibility index (Phi) is 45.0. The SMILES string of the molecule is NC[C@H]1O[C@H](O[C@H]2[C@H](OCCCCCCCCCCN3CCN(Cc4cccc5ccccc45)CC3)[C@@H](O[C@H]3O[C@H](CO)[C@@H](O)[C@H](N)[C@H]3O)[C@H](N)C[C@@H]2N)[C@H](N)C[C@@H]1O.O=C(O)C(F)(F)F.O=C(O)C(F)(F)F.O=C(O)C(F)(F)F.O=C(O)C(F)(F)F.O=C(O)C(F)(F)F.O=C(O)C(F)(F)F.O=C(O)C(F)(F)F. The standard InChI is InChI=1S/C43H73N7O9.7C2HF3O2/c44-24-34-33(52)23-32(47)42(56-34)58-39-30(45)22-31(46)40(59-43-38(54)36(48)37(53)35(26-51)57-43)41(39)55-21-10-6-4-2-1-3-5-9-16-49-17-19-50(20-18-49)25-28-14-11-13-27-12-7-8-15-29(27)28;7*3-2(4,5)1(6)7/h7-8,11-15,30-43,51-54H,1-6,9-10,16-26,44-48H2;7*(H,6,7)/t30-,31+,32+,33-,34+,35+,36-,37+,38+,39+,40-,41-,42+,43+;;;;;;;/m0......./s1. The van der Waals surface area contributed by atoms with Crippen molar-refractivity contribution >= 4 is 52.6 Å². The van der Waals surface area contributed by atoms with Gasteiger partial charge in [-0.1, -0.05) is 81.0 Å². The van der Waals surface area contributed by atoms with E-state index in [2.05, 4.69) is 52.3 Å². The van der Waals surface area contributed by atoms with E-state index in [4.69, 9.17) is 122 Å². The van der Waals surface area contributed by atoms with Crippen LogP contribution in [0.15, 0.2) is 42.5 Å². The number of nitrogens with zero attached hydrogens (tertiary/aromatic N) is 2. The number of unbranched alkanes of at least 4 members (excludes halogenated alkanes) is 7. The van der Waals surface area contributed by atoms with Gasteiger partial charge in [0.2, 0.25) is 0 Å². The Morgan fingerprint density at radius 3 is 1.16 bits per heavy atom. The van der Waals surface area contributed by atoms with Gasteiger partial charge in [0.1, 0.15) is 36.6 Å². The zero-order valence-electron chi connectivity index (χ0n) is 55.6. The minimum atomic E-state index is -5.08. The first-order valence-corrected chi connectivity index (χ1v) is 30.8. The lowest BCUT2D eigenvalue weighted by Crippen LogP contribution is -2.68. The van der Waals surface area contributed by atoms with Crippen LogP contribution in [0.2, 0.25) is 0 Å². The van der Waals surface area contributed by atoms with E-state index in [0.717, 1.165) is 58.4 Å². The van der Waals surface area contributed by atoms with Gasteiger partial charge < -0.3 is 113 Å². The highest BCUT2D eigenvalue weighted by Gasteiger charge is 2.52. The average Bonchev–Trinajstić information content (AvgIpc) is 0.780. The second-order valence-electron chi connectivity index (χ2n) is 22.8. The third-order valence-electron chi connectivity index (χ3n) is 14.5. The monoisotopic (exact) mass is 1630 g/mol. The topological polar surface area (TPSA) is 525 Å². The molecule has 3 aliphatic heterocycles. The normalized spacial score (nSPS) is 24.9. The molecule has 51 heteroatoms. The summed E-state index contributed by atoms with van der Waals surface area (Å²) in [6.07, 6.45) is -36.1. The Labute approximate surface area is 595 Å². The maximum absolute atomic E-state index is 10.9. The molecule has 0 amide bonds. The number of ether oxygens (including phenoxy) is 5. The van der Waals surface area contributed by atoms with Gasteiger partial charge in [-0.3, -0.25) is 4.90 Å². The van der Waals surface area contributed by atoms with Crippen LogP contribution in [0.3, 0.4) is 0 Å². The van der Waals surface area contributed by atoms with Crippen LogP contribution in [0.4, 0.5) is 92.2 Å². The molecule has 0 aromatic heterocycles. The van der Waals surface area contributed by atoms with Crippen LogP contribution < -0.4 is 28.7 Å². The van der Waals surface area contributed by atoms with Gasteiger partial charge in [-0.15, -0.1) is 0 Å². The summed E-state index contributed by atoms with van der Waals surface area (Å²) in [5.41, 5.74) is 33.0. The summed E-state index contributed by atoms with van der Waals surface area (Å²) in [6.45, 7) is 6.61. The zero-order chi connectivity index (χ0) is 84.4. The minimum Gasteiger partial charge on any atom is -0.475 e. The quantitative estimate of drug-likeness (QED) is 0.0650. The number of rotatable bonds is 20. The summed E-state index contributed by atoms with van der Waals surface area (Å²) in [6, 6.07) is 12.3. The first-order chi connectivity index (χ1) is 49.2. The van der Waals surface area contributed by atoms with Crippen LogP contribution >= 0.6 is 0 Å². The fourth-order valence-electron chi connectivity index (χ4n) is 9.15. The third-order valence-corrected chi connectivity index (χ3v) is 14.5. The van der Waals surface area contributed by atoms with Crippen molar-refractivity contribution in [1.29, 1.82) is 0 Å². The van der Waals surface area contributed by atoms with Crippen LogP contribution in [0.25, 0.3) is 10.8 Å². The second kappa shape index (κ2) is 47.2. The number of aliphatic hydroxyl groups is 4. The summed E-state index contributed by atoms with van der Waals surface area (Å²) in [4.78, 5) is 67.5. The lowest BCUT2D eigenvalue weighted by Gasteiger charge is -2.49. The number of aliphatic hydroxyl groups excluding tert-OH is 4. The molecule has 21 N–H and O–H groups in total. The largest absolute Gasteiger partial charge is 0.490 e. The summed E-state index contributed by atoms with van der Waals surface area (Å²) in [5, 5.41) is 94.0. The number of carboxylic acid groups (broad SMARTS) is 7. The maximum atomic E-state index is 10.9. The van der Waals surface area contributed by atoms with Crippen LogP contribution in [0.5, 0.6) is 0 Å². The predicted molar refractivity (Wildman–Crippen MR) is 321 cm³/mol. The van der Waals surface area contributed by atoms with Crippen molar-refractivity contribution in [3.8, 4) is 0 Å². The number of alkyl halides is 21. The molecule has 4 fully saturated rings. The highest BCUT2D eigenvalue weighted by Crippen LogP contribution is 2.33. The molecule has 0 spiro atoms. The van der Waals surface area contributed by atoms with E-state index in [-0.39, 0.29) is 19.4 Å². The molecule has 0 radical (unpaired) electrons. The average molecular weight is 1630 g/mol. The van der Waals surface area contributed by atoms with E-state index in [1.165, 1.54) is 48.6 Å². The van der Waals surface area contributed by atoms with Gasteiger partial charge in [-0.25, -0.2) is 33.6 Å². The smallest absolute Gasteiger partial charge is 0.475 e. The third kappa shape index (κ3) is 41.1. The highest BCUT2D eigenvalue weighted by atomic mass is 19.4. The molecular formula is C57H80F21N7O23. The van der Waals surface area contributed by atoms with Crippen molar-refractivity contribution in [2.24, 2.45) is 28.7 Å². The van der Waals surface area contributed by atoms with Crippen molar-refractivity contribution in [2.75, 3.05) is 52.5 Å². The Balaban J connectivity index is 0. The number of carbonyl (C=O) groups is 7. The Morgan fingerprint density at radius 1 is 0.435 bits per heavy atom. The van der Waals surface area contributed by atoms with Gasteiger partial charge in [0.15, 0.2) is 12.6 Å². The molecule has 4 aliphatic rings. The summed E-state index contributed by atoms with van der Waals surface area (Å²) in [7, 11) is 0. The molecule has 0 unspecified atom stereocenters. The van der Waals surface area contributed by atoms with Gasteiger partial charge in [0.25, 0.3) is 0 Å². The van der Waals surface area contributed by atoms with Gasteiger partial charge >= 0.3 is 85.0 Å². The van der Waals surface area contributed by atoms with E-state index >= 15 is 0 Å². The van der Waals surface area contributed by atoms with Crippen LogP contribution in [-0.4, -0.2) is 289 Å². The molecule has 3 heterocycles. The molecule has 0 bridgehead atoms. The number of hydrogen-bond acceptors (Lipinski definition) is 23. The number of fused-ring (bicyclic) bond motifs is 1. The van der Waals surface area contributed by atoms with Crippen molar-refractivity contribution in [3.63, 3.8) is 0 Å². The Morgan fingerprint density at radius 2 is 0.778 bits per heavy atom. The van der Waals surface area contributed by atoms with Crippen molar-refractivity contribution in [1.82, 2.24) is 9.80 Å². The lowest BCUT2D eigenvalue weighted by atomic mass is 9.84. The Hall–Kier alpha value is -7.12. The molecule has 14 atom stereocenters. The van der Waals surface area contributed by atoms with Crippen molar-refractivity contribution in [3.05, 3.63) is 48.0 Å². The first-order valence-electron chi connectivity index (χ1n) is 30.8. The Bertz CT molecular complexity index is 2760. The number of hydrogen-bond donors (Lipinski definition) is 16. The van der Waals surface area contributed by atoms with Crippen LogP contribution in [0, 0.1) is 0 Å². The number of aliphatic carboxylic acids is 7. The van der Waals surface area contributed by atoms with Gasteiger partial charge in [-0.2, -0.15) is 92.2 Å². The molecule has 108 heavy (non-hydrogen) atoms. The molecular weight excluding hydrogens is 1550 g/mol. The highest BCUT2D eigenvalue weighted by molar-refractivity contribution is 5.85. The minimum absolute atomic E-state index is 0.0851. The van der Waals surface area contributed by atoms with E-state index in [0.29, 0.717) is 6.61 Å². The lowest BCUT2D eigenvalue weighted by molar-refractivity contribution is -0.318. The number of nitrogens with two attached hydrogens (primary N) is 5. The zero-order valence-corrected chi connectivity index (χ0v) is 55.6. The molecule has 6 rings (SSSR count). The number of benzene rings is 2. The number of carboxylic acids is 7. The van der Waals surface area contributed by atoms with Crippen LogP contribution in [-0.2, 0) is 63.8 Å². The van der Waals surface area contributed by atoms with Gasteiger partial charge in [0, 0.05) is 58.0 Å². The van der Waals surface area contributed by atoms with E-state index in [9.17, 15) is 113 Å². The van der Waals surface area contributed by atoms with Crippen LogP contribution in [0.1, 0.15) is 69.8 Å². The second-order valence-corrected chi connectivity index (χ2v) is 22.8. The molecule has 1 saturated carbocycles. The first kappa shape index (κ1) is 103. The van der Waals surface area contributed by atoms with Gasteiger partial charge in [0.05, 0.1) is 30.9 Å². The van der Waals surface area contributed by atoms with Gasteiger partial charge in [-0.05, 0) is 48.6 Å². The van der Waals surface area contributed by atoms with E-state index in [1.807, 2.05) is 0 Å². The van der Waals surface area contributed by atoms with E-state index in [1.54, 1.807) is 0 Å². The number of halogens is 21. The van der Waals surface area contributed by atoms with Crippen molar-refractivity contribution in [2.45, 2.75) is 200 Å². The molecule has 1 aliphatic carbocycles. The fourth-order valence-corrected chi connectivity index (χ4v) is 9.15. The summed E-state index contributed by atoms with van der Waals surface area (Å²) >= 11 is 0. The fraction of sp³-hybridized carbons (Fsp3) is 0.702. The number of piperazine rings is 1. The summed E-state index contributed by atoms with van der Waals surface area (Å²) in [5.74, 6) is -19.3. The molecule has 628 valence electrons. The predicted octanol–water partition coefficient (Wildman–Crippen LogP) is 4.25. The summed E-state index contributed by atoms with van der Waals surface area (Å²) < 4.78 is 253. The maximum Gasteiger partial charge on any atom is 0.490 e.